The summed E-state index contributed by atoms with van der Waals surface area (Å²) in [6, 6.07) is 15.5. The number of methoxy groups -OCH3 is 1. The number of nitriles is 1. The Balaban J connectivity index is 1.53. The van der Waals surface area contributed by atoms with Gasteiger partial charge in [0.15, 0.2) is 5.78 Å². The molecule has 184 valence electrons. The first-order valence-corrected chi connectivity index (χ1v) is 11.5. The molecule has 0 aliphatic carbocycles. The molecule has 1 aromatic heterocycles. The highest BCUT2D eigenvalue weighted by Gasteiger charge is 2.47. The van der Waals surface area contributed by atoms with Gasteiger partial charge in [0.2, 0.25) is 5.91 Å². The third kappa shape index (κ3) is 5.41. The molecule has 0 bridgehead atoms. The number of amides is 1. The molecule has 3 aromatic rings. The number of ketones is 1. The quantitative estimate of drug-likeness (QED) is 0.322. The number of pyridine rings is 1. The number of carbonyl (C=O) groups is 2. The van der Waals surface area contributed by atoms with Crippen LogP contribution in [0.3, 0.4) is 0 Å². The Morgan fingerprint density at radius 3 is 2.64 bits per heavy atom. The van der Waals surface area contributed by atoms with Crippen molar-refractivity contribution in [1.82, 2.24) is 9.88 Å². The smallest absolute Gasteiger partial charge is 0.268 e. The van der Waals surface area contributed by atoms with Crippen LogP contribution in [-0.2, 0) is 4.79 Å². The van der Waals surface area contributed by atoms with Crippen LogP contribution in [0.4, 0.5) is 8.78 Å². The second kappa shape index (κ2) is 10.2. The van der Waals surface area contributed by atoms with Gasteiger partial charge in [-0.25, -0.2) is 8.78 Å². The molecule has 1 atom stereocenters. The molecular formula is C28H25F2N3O3. The van der Waals surface area contributed by atoms with Crippen LogP contribution in [-0.4, -0.2) is 47.2 Å². The lowest BCUT2D eigenvalue weighted by molar-refractivity contribution is -0.132. The largest absolute Gasteiger partial charge is 0.497 e. The number of nitrogens with zero attached hydrogens (tertiary/aromatic N) is 3. The predicted octanol–water partition coefficient (Wildman–Crippen LogP) is 5.53. The molecule has 1 aliphatic rings. The van der Waals surface area contributed by atoms with E-state index in [2.05, 4.69) is 4.98 Å². The van der Waals surface area contributed by atoms with E-state index in [1.165, 1.54) is 6.20 Å². The Morgan fingerprint density at radius 1 is 1.19 bits per heavy atom. The molecule has 2 heterocycles. The molecule has 1 saturated heterocycles. The molecule has 0 radical (unpaired) electrons. The van der Waals surface area contributed by atoms with Gasteiger partial charge in [-0.1, -0.05) is 24.3 Å². The van der Waals surface area contributed by atoms with Crippen LogP contribution in [0, 0.1) is 11.3 Å². The first kappa shape index (κ1) is 25.0. The number of ether oxygens (including phenoxy) is 1. The Labute approximate surface area is 207 Å². The first-order valence-electron chi connectivity index (χ1n) is 11.5. The van der Waals surface area contributed by atoms with E-state index in [1.54, 1.807) is 19.2 Å². The minimum absolute atomic E-state index is 0.150. The minimum Gasteiger partial charge on any atom is -0.497 e. The molecule has 1 aliphatic heterocycles. The van der Waals surface area contributed by atoms with Crippen LogP contribution in [0.2, 0.25) is 0 Å². The van der Waals surface area contributed by atoms with Gasteiger partial charge >= 0.3 is 0 Å². The maximum Gasteiger partial charge on any atom is 0.268 e. The average molecular weight is 490 g/mol. The highest BCUT2D eigenvalue weighted by atomic mass is 19.3. The minimum atomic E-state index is -3.09. The van der Waals surface area contributed by atoms with Crippen molar-refractivity contribution >= 4 is 34.2 Å². The monoisotopic (exact) mass is 489 g/mol. The number of fused-ring (bicyclic) bond motifs is 1. The highest BCUT2D eigenvalue weighted by Crippen LogP contribution is 2.32. The van der Waals surface area contributed by atoms with Gasteiger partial charge in [-0.3, -0.25) is 14.6 Å². The van der Waals surface area contributed by atoms with Gasteiger partial charge in [0.05, 0.1) is 25.2 Å². The van der Waals surface area contributed by atoms with Crippen molar-refractivity contribution in [2.45, 2.75) is 38.2 Å². The number of hydrogen-bond acceptors (Lipinski definition) is 5. The van der Waals surface area contributed by atoms with Crippen molar-refractivity contribution in [3.63, 3.8) is 0 Å². The van der Waals surface area contributed by atoms with Crippen molar-refractivity contribution < 1.29 is 23.1 Å². The summed E-state index contributed by atoms with van der Waals surface area (Å²) in [7, 11) is 1.61. The van der Waals surface area contributed by atoms with E-state index >= 15 is 0 Å². The number of carbonyl (C=O) groups excluding carboxylic acids is 2. The van der Waals surface area contributed by atoms with Gasteiger partial charge in [0.25, 0.3) is 5.92 Å². The molecule has 0 N–H and O–H groups in total. The summed E-state index contributed by atoms with van der Waals surface area (Å²) < 4.78 is 32.5. The fourth-order valence-corrected chi connectivity index (χ4v) is 4.36. The number of aromatic nitrogens is 1. The zero-order valence-electron chi connectivity index (χ0n) is 20.0. The molecule has 6 nitrogen and oxygen atoms in total. The zero-order chi connectivity index (χ0) is 25.9. The van der Waals surface area contributed by atoms with E-state index in [9.17, 15) is 18.4 Å². The fourth-order valence-electron chi connectivity index (χ4n) is 4.36. The van der Waals surface area contributed by atoms with Gasteiger partial charge in [-0.15, -0.1) is 0 Å². The van der Waals surface area contributed by atoms with Crippen LogP contribution < -0.4 is 4.74 Å². The Kier molecular flexibility index (Phi) is 7.11. The number of allylic oxidation sites excluding steroid dienone is 1. The lowest BCUT2D eigenvalue weighted by atomic mass is 9.97. The number of Topliss-reactive ketones (excluding diaryl/α,β-unsaturated/α-hetero) is 1. The van der Waals surface area contributed by atoms with Gasteiger partial charge in [0.1, 0.15) is 11.8 Å². The summed E-state index contributed by atoms with van der Waals surface area (Å²) in [6.07, 6.45) is 2.48. The van der Waals surface area contributed by atoms with Crippen molar-refractivity contribution in [3.8, 4) is 11.8 Å². The van der Waals surface area contributed by atoms with E-state index in [0.717, 1.165) is 27.3 Å². The summed E-state index contributed by atoms with van der Waals surface area (Å²) in [5.74, 6) is -3.23. The first-order chi connectivity index (χ1) is 17.2. The van der Waals surface area contributed by atoms with Gasteiger partial charge in [-0.2, -0.15) is 5.26 Å². The van der Waals surface area contributed by atoms with Crippen LogP contribution in [0.5, 0.6) is 5.75 Å². The van der Waals surface area contributed by atoms with E-state index in [-0.39, 0.29) is 18.6 Å². The SMILES string of the molecule is COc1ccc(/C=C(\C)c2ccc3nccc(C(=O)CCC(=O)N4CC(F)(F)C[C@H]4C#N)c3c2)cc1. The summed E-state index contributed by atoms with van der Waals surface area (Å²) in [6.45, 7) is 1.18. The third-order valence-electron chi connectivity index (χ3n) is 6.30. The molecule has 2 aromatic carbocycles. The number of halogens is 2. The number of hydrogen-bond donors (Lipinski definition) is 0. The van der Waals surface area contributed by atoms with Crippen LogP contribution in [0.1, 0.15) is 47.7 Å². The Bertz CT molecular complexity index is 1380. The van der Waals surface area contributed by atoms with Gasteiger partial charge in [0, 0.05) is 36.4 Å². The zero-order valence-corrected chi connectivity index (χ0v) is 20.0. The van der Waals surface area contributed by atoms with Gasteiger partial charge < -0.3 is 9.64 Å². The number of alkyl halides is 2. The summed E-state index contributed by atoms with van der Waals surface area (Å²) in [4.78, 5) is 30.8. The number of rotatable bonds is 7. The predicted molar refractivity (Wildman–Crippen MR) is 133 cm³/mol. The van der Waals surface area contributed by atoms with Gasteiger partial charge in [-0.05, 0) is 54.0 Å². The Morgan fingerprint density at radius 2 is 1.94 bits per heavy atom. The highest BCUT2D eigenvalue weighted by molar-refractivity contribution is 6.08. The second-order valence-corrected chi connectivity index (χ2v) is 8.84. The molecular weight excluding hydrogens is 464 g/mol. The van der Waals surface area contributed by atoms with Crippen molar-refractivity contribution in [1.29, 1.82) is 5.26 Å². The molecule has 36 heavy (non-hydrogen) atoms. The lowest BCUT2D eigenvalue weighted by Crippen LogP contribution is -2.36. The van der Waals surface area contributed by atoms with Crippen LogP contribution >= 0.6 is 0 Å². The standard InChI is InChI=1S/C28H25F2N3O3/c1-18(13-19-3-6-22(36-2)7-4-19)20-5-8-25-24(14-20)23(11-12-32-25)26(34)9-10-27(35)33-17-28(29,30)15-21(33)16-31/h3-8,11-14,21H,9-10,15,17H2,1-2H3/b18-13+/t21-/m0/s1. The average Bonchev–Trinajstić information content (AvgIpc) is 3.21. The molecule has 8 heteroatoms. The van der Waals surface area contributed by atoms with Crippen molar-refractivity contribution in [2.24, 2.45) is 0 Å². The van der Waals surface area contributed by atoms with E-state index in [0.29, 0.717) is 16.5 Å². The third-order valence-corrected chi connectivity index (χ3v) is 6.30. The lowest BCUT2D eigenvalue weighted by Gasteiger charge is -2.18. The molecule has 0 saturated carbocycles. The summed E-state index contributed by atoms with van der Waals surface area (Å²) in [5, 5.41) is 9.77. The van der Waals surface area contributed by atoms with E-state index in [1.807, 2.05) is 55.5 Å². The van der Waals surface area contributed by atoms with Crippen LogP contribution in [0.15, 0.2) is 54.7 Å². The summed E-state index contributed by atoms with van der Waals surface area (Å²) >= 11 is 0. The molecule has 1 amide bonds. The maximum absolute atomic E-state index is 13.7. The van der Waals surface area contributed by atoms with Crippen molar-refractivity contribution in [2.75, 3.05) is 13.7 Å². The maximum atomic E-state index is 13.7. The van der Waals surface area contributed by atoms with E-state index in [4.69, 9.17) is 10.00 Å². The summed E-state index contributed by atoms with van der Waals surface area (Å²) in [5.41, 5.74) is 3.94. The number of likely N-dealkylation sites (tertiary alicyclic amines) is 1. The molecule has 4 rings (SSSR count). The topological polar surface area (TPSA) is 83.3 Å². The van der Waals surface area contributed by atoms with Crippen LogP contribution in [0.25, 0.3) is 22.6 Å². The Hall–Kier alpha value is -4.12. The normalized spacial score (nSPS) is 17.1. The molecule has 0 unspecified atom stereocenters. The fraction of sp³-hybridized carbons (Fsp3) is 0.286. The molecule has 0 spiro atoms. The van der Waals surface area contributed by atoms with Crippen molar-refractivity contribution in [3.05, 3.63) is 71.4 Å². The van der Waals surface area contributed by atoms with E-state index < -0.39 is 30.8 Å². The second-order valence-electron chi connectivity index (χ2n) is 8.84. The number of benzene rings is 2. The molecule has 1 fully saturated rings.